The van der Waals surface area contributed by atoms with Crippen molar-refractivity contribution in [2.75, 3.05) is 44.7 Å². The SMILES string of the molecule is CN(CCCNC(=O)CN1CCCC(O)C1)c1ccccc1. The third-order valence-electron chi connectivity index (χ3n) is 4.04. The smallest absolute Gasteiger partial charge is 0.234 e. The van der Waals surface area contributed by atoms with E-state index in [-0.39, 0.29) is 12.0 Å². The molecule has 0 bridgehead atoms. The van der Waals surface area contributed by atoms with E-state index in [1.165, 1.54) is 5.69 Å². The Hall–Kier alpha value is -1.59. The molecule has 0 spiro atoms. The van der Waals surface area contributed by atoms with Crippen LogP contribution in [0, 0.1) is 0 Å². The number of aliphatic hydroxyl groups excluding tert-OH is 1. The van der Waals surface area contributed by atoms with Crippen molar-refractivity contribution in [3.05, 3.63) is 30.3 Å². The number of hydrogen-bond donors (Lipinski definition) is 2. The number of piperidine rings is 1. The maximum absolute atomic E-state index is 11.9. The number of para-hydroxylation sites is 1. The molecule has 1 saturated heterocycles. The minimum absolute atomic E-state index is 0.0523. The zero-order valence-electron chi connectivity index (χ0n) is 13.4. The highest BCUT2D eigenvalue weighted by molar-refractivity contribution is 5.78. The molecule has 5 nitrogen and oxygen atoms in total. The molecule has 1 heterocycles. The first kappa shape index (κ1) is 16.8. The number of nitrogens with one attached hydrogen (secondary N) is 1. The first-order chi connectivity index (χ1) is 10.6. The lowest BCUT2D eigenvalue weighted by molar-refractivity contribution is -0.122. The lowest BCUT2D eigenvalue weighted by Gasteiger charge is -2.29. The molecule has 22 heavy (non-hydrogen) atoms. The molecule has 0 aromatic heterocycles. The van der Waals surface area contributed by atoms with Crippen molar-refractivity contribution in [2.24, 2.45) is 0 Å². The number of nitrogens with zero attached hydrogens (tertiary/aromatic N) is 2. The second-order valence-corrected chi connectivity index (χ2v) is 5.99. The van der Waals surface area contributed by atoms with Gasteiger partial charge in [0.25, 0.3) is 0 Å². The fourth-order valence-corrected chi connectivity index (χ4v) is 2.79. The summed E-state index contributed by atoms with van der Waals surface area (Å²) >= 11 is 0. The largest absolute Gasteiger partial charge is 0.392 e. The van der Waals surface area contributed by atoms with E-state index in [4.69, 9.17) is 0 Å². The average molecular weight is 305 g/mol. The Morgan fingerprint density at radius 2 is 2.18 bits per heavy atom. The molecule has 122 valence electrons. The molecule has 1 fully saturated rings. The van der Waals surface area contributed by atoms with Gasteiger partial charge in [-0.3, -0.25) is 9.69 Å². The summed E-state index contributed by atoms with van der Waals surface area (Å²) in [5, 5.41) is 12.6. The standard InChI is InChI=1S/C17H27N3O2/c1-19(15-7-3-2-4-8-15)11-6-10-18-17(22)14-20-12-5-9-16(21)13-20/h2-4,7-8,16,21H,5-6,9-14H2,1H3,(H,18,22). The van der Waals surface area contributed by atoms with E-state index < -0.39 is 0 Å². The number of carbonyl (C=O) groups is 1. The van der Waals surface area contributed by atoms with E-state index in [1.807, 2.05) is 23.1 Å². The van der Waals surface area contributed by atoms with E-state index in [2.05, 4.69) is 29.4 Å². The molecule has 1 unspecified atom stereocenters. The molecule has 1 aliphatic heterocycles. The van der Waals surface area contributed by atoms with Crippen LogP contribution in [0.1, 0.15) is 19.3 Å². The van der Waals surface area contributed by atoms with Crippen molar-refractivity contribution in [3.8, 4) is 0 Å². The highest BCUT2D eigenvalue weighted by Crippen LogP contribution is 2.11. The van der Waals surface area contributed by atoms with Crippen molar-refractivity contribution in [1.82, 2.24) is 10.2 Å². The predicted octanol–water partition coefficient (Wildman–Crippen LogP) is 1.09. The van der Waals surface area contributed by atoms with Gasteiger partial charge in [0.05, 0.1) is 12.6 Å². The highest BCUT2D eigenvalue weighted by Gasteiger charge is 2.19. The van der Waals surface area contributed by atoms with Crippen molar-refractivity contribution < 1.29 is 9.90 Å². The van der Waals surface area contributed by atoms with Crippen molar-refractivity contribution in [3.63, 3.8) is 0 Å². The predicted molar refractivity (Wildman–Crippen MR) is 89.0 cm³/mol. The fraction of sp³-hybridized carbons (Fsp3) is 0.588. The van der Waals surface area contributed by atoms with E-state index in [1.54, 1.807) is 0 Å². The van der Waals surface area contributed by atoms with Gasteiger partial charge in [-0.15, -0.1) is 0 Å². The number of hydrogen-bond acceptors (Lipinski definition) is 4. The summed E-state index contributed by atoms with van der Waals surface area (Å²) in [6.07, 6.45) is 2.46. The molecule has 0 aliphatic carbocycles. The third kappa shape index (κ3) is 5.66. The van der Waals surface area contributed by atoms with Crippen LogP contribution in [0.5, 0.6) is 0 Å². The van der Waals surface area contributed by atoms with E-state index in [0.29, 0.717) is 19.6 Å². The van der Waals surface area contributed by atoms with Gasteiger partial charge in [0, 0.05) is 32.4 Å². The van der Waals surface area contributed by atoms with E-state index >= 15 is 0 Å². The monoisotopic (exact) mass is 305 g/mol. The topological polar surface area (TPSA) is 55.8 Å². The van der Waals surface area contributed by atoms with Gasteiger partial charge >= 0.3 is 0 Å². The summed E-state index contributed by atoms with van der Waals surface area (Å²) in [7, 11) is 2.06. The second-order valence-electron chi connectivity index (χ2n) is 5.99. The van der Waals surface area contributed by atoms with Gasteiger partial charge in [-0.25, -0.2) is 0 Å². The van der Waals surface area contributed by atoms with Crippen molar-refractivity contribution >= 4 is 11.6 Å². The van der Waals surface area contributed by atoms with Crippen LogP contribution in [0.2, 0.25) is 0 Å². The number of likely N-dealkylation sites (tertiary alicyclic amines) is 1. The molecule has 5 heteroatoms. The van der Waals surface area contributed by atoms with Gasteiger partial charge in [-0.2, -0.15) is 0 Å². The number of amides is 1. The highest BCUT2D eigenvalue weighted by atomic mass is 16.3. The Morgan fingerprint density at radius 3 is 2.91 bits per heavy atom. The number of rotatable bonds is 7. The van der Waals surface area contributed by atoms with Crippen LogP contribution in [0.15, 0.2) is 30.3 Å². The first-order valence-electron chi connectivity index (χ1n) is 8.08. The maximum Gasteiger partial charge on any atom is 0.234 e. The molecule has 0 saturated carbocycles. The molecular formula is C17H27N3O2. The first-order valence-corrected chi connectivity index (χ1v) is 8.08. The van der Waals surface area contributed by atoms with Crippen LogP contribution >= 0.6 is 0 Å². The summed E-state index contributed by atoms with van der Waals surface area (Å²) < 4.78 is 0. The molecule has 1 aromatic rings. The Labute approximate surface area is 132 Å². The molecule has 1 amide bonds. The molecule has 1 aromatic carbocycles. The van der Waals surface area contributed by atoms with Gasteiger partial charge in [0.15, 0.2) is 0 Å². The number of β-amino-alcohol motifs (C(OH)–C–C–N with tert-alkyl or cyclic N) is 1. The zero-order chi connectivity index (χ0) is 15.8. The van der Waals surface area contributed by atoms with Gasteiger partial charge < -0.3 is 15.3 Å². The minimum atomic E-state index is -0.277. The van der Waals surface area contributed by atoms with E-state index in [9.17, 15) is 9.90 Å². The van der Waals surface area contributed by atoms with Crippen molar-refractivity contribution in [1.29, 1.82) is 0 Å². The van der Waals surface area contributed by atoms with Crippen LogP contribution in [0.4, 0.5) is 5.69 Å². The lowest BCUT2D eigenvalue weighted by atomic mass is 10.1. The van der Waals surface area contributed by atoms with Crippen molar-refractivity contribution in [2.45, 2.75) is 25.4 Å². The molecule has 0 radical (unpaired) electrons. The Bertz CT molecular complexity index is 452. The number of benzene rings is 1. The quantitative estimate of drug-likeness (QED) is 0.740. The number of carbonyl (C=O) groups excluding carboxylic acids is 1. The van der Waals surface area contributed by atoms with Gasteiger partial charge in [-0.05, 0) is 37.9 Å². The number of anilines is 1. The Balaban J connectivity index is 1.59. The summed E-state index contributed by atoms with van der Waals surface area (Å²) in [6, 6.07) is 10.2. The molecule has 2 rings (SSSR count). The summed E-state index contributed by atoms with van der Waals surface area (Å²) in [5.41, 5.74) is 1.19. The zero-order valence-corrected chi connectivity index (χ0v) is 13.4. The molecule has 1 atom stereocenters. The second kappa shape index (κ2) is 8.76. The third-order valence-corrected chi connectivity index (χ3v) is 4.04. The average Bonchev–Trinajstić information content (AvgIpc) is 2.52. The summed E-state index contributed by atoms with van der Waals surface area (Å²) in [5.74, 6) is 0.0523. The van der Waals surface area contributed by atoms with Crippen LogP contribution in [0.25, 0.3) is 0 Å². The lowest BCUT2D eigenvalue weighted by Crippen LogP contribution is -2.44. The summed E-state index contributed by atoms with van der Waals surface area (Å²) in [4.78, 5) is 16.1. The number of aliphatic hydroxyl groups is 1. The summed E-state index contributed by atoms with van der Waals surface area (Å²) in [6.45, 7) is 3.51. The molecular weight excluding hydrogens is 278 g/mol. The maximum atomic E-state index is 11.9. The molecule has 1 aliphatic rings. The van der Waals surface area contributed by atoms with Crippen LogP contribution in [-0.2, 0) is 4.79 Å². The van der Waals surface area contributed by atoms with E-state index in [0.717, 1.165) is 32.4 Å². The fourth-order valence-electron chi connectivity index (χ4n) is 2.79. The van der Waals surface area contributed by atoms with Gasteiger partial charge in [-0.1, -0.05) is 18.2 Å². The van der Waals surface area contributed by atoms with Crippen LogP contribution in [0.3, 0.4) is 0 Å². The Kier molecular flexibility index (Phi) is 6.68. The van der Waals surface area contributed by atoms with Gasteiger partial charge in [0.2, 0.25) is 5.91 Å². The molecule has 2 N–H and O–H groups in total. The normalized spacial score (nSPS) is 18.9. The Morgan fingerprint density at radius 1 is 1.41 bits per heavy atom. The minimum Gasteiger partial charge on any atom is -0.392 e. The van der Waals surface area contributed by atoms with Crippen LogP contribution in [-0.4, -0.2) is 61.8 Å². The van der Waals surface area contributed by atoms with Gasteiger partial charge in [0.1, 0.15) is 0 Å². The van der Waals surface area contributed by atoms with Crippen LogP contribution < -0.4 is 10.2 Å².